The molecule has 0 radical (unpaired) electrons. The lowest BCUT2D eigenvalue weighted by Crippen LogP contribution is -1.93. The molecular formula is C7H9NO4. The van der Waals surface area contributed by atoms with Crippen molar-refractivity contribution in [1.29, 1.82) is 0 Å². The van der Waals surface area contributed by atoms with E-state index in [4.69, 9.17) is 9.84 Å². The number of aromatic nitrogens is 1. The van der Waals surface area contributed by atoms with Crippen LogP contribution in [-0.4, -0.2) is 22.8 Å². The first-order chi connectivity index (χ1) is 5.74. The molecule has 5 nitrogen and oxygen atoms in total. The maximum Gasteiger partial charge on any atom is 0.374 e. The summed E-state index contributed by atoms with van der Waals surface area (Å²) < 4.78 is 9.49. The lowest BCUT2D eigenvalue weighted by atomic mass is 10.4. The van der Waals surface area contributed by atoms with Gasteiger partial charge in [0.1, 0.15) is 5.69 Å². The molecule has 1 heterocycles. The Balaban J connectivity index is 2.58. The van der Waals surface area contributed by atoms with Crippen LogP contribution in [0.2, 0.25) is 0 Å². The van der Waals surface area contributed by atoms with E-state index in [2.05, 4.69) is 9.68 Å². The molecule has 1 aromatic rings. The molecule has 0 fully saturated rings. The molecule has 12 heavy (non-hydrogen) atoms. The third kappa shape index (κ3) is 2.06. The molecular weight excluding hydrogens is 162 g/mol. The third-order valence-corrected chi connectivity index (χ3v) is 1.22. The number of hydrogen-bond donors (Lipinski definition) is 1. The summed E-state index contributed by atoms with van der Waals surface area (Å²) in [5, 5.41) is 11.9. The minimum Gasteiger partial charge on any atom is -0.475 e. The van der Waals surface area contributed by atoms with Crippen molar-refractivity contribution in [2.75, 3.05) is 6.61 Å². The molecule has 0 aromatic carbocycles. The molecule has 0 aliphatic rings. The van der Waals surface area contributed by atoms with Gasteiger partial charge in [-0.05, 0) is 6.92 Å². The van der Waals surface area contributed by atoms with E-state index in [0.29, 0.717) is 12.3 Å². The molecule has 0 saturated carbocycles. The van der Waals surface area contributed by atoms with Gasteiger partial charge in [0.25, 0.3) is 0 Å². The summed E-state index contributed by atoms with van der Waals surface area (Å²) in [6.45, 7) is 2.70. The van der Waals surface area contributed by atoms with Gasteiger partial charge in [-0.15, -0.1) is 0 Å². The van der Waals surface area contributed by atoms with Gasteiger partial charge in [0, 0.05) is 12.7 Å². The summed E-state index contributed by atoms with van der Waals surface area (Å²) in [6.07, 6.45) is 0. The molecule has 0 atom stereocenters. The topological polar surface area (TPSA) is 72.6 Å². The van der Waals surface area contributed by atoms with Crippen LogP contribution in [0.15, 0.2) is 10.6 Å². The van der Waals surface area contributed by atoms with Gasteiger partial charge in [0.2, 0.25) is 5.76 Å². The van der Waals surface area contributed by atoms with E-state index in [-0.39, 0.29) is 12.4 Å². The first-order valence-corrected chi connectivity index (χ1v) is 3.50. The number of ether oxygens (including phenoxy) is 1. The largest absolute Gasteiger partial charge is 0.475 e. The second-order valence-electron chi connectivity index (χ2n) is 2.12. The number of hydrogen-bond acceptors (Lipinski definition) is 4. The molecule has 5 heteroatoms. The van der Waals surface area contributed by atoms with Crippen LogP contribution in [0.25, 0.3) is 0 Å². The van der Waals surface area contributed by atoms with E-state index < -0.39 is 5.97 Å². The zero-order valence-electron chi connectivity index (χ0n) is 6.61. The fourth-order valence-electron chi connectivity index (χ4n) is 0.687. The van der Waals surface area contributed by atoms with Crippen molar-refractivity contribution in [3.63, 3.8) is 0 Å². The van der Waals surface area contributed by atoms with Crippen LogP contribution in [0.4, 0.5) is 0 Å². The summed E-state index contributed by atoms with van der Waals surface area (Å²) >= 11 is 0. The number of rotatable bonds is 4. The van der Waals surface area contributed by atoms with Crippen molar-refractivity contribution in [3.8, 4) is 0 Å². The van der Waals surface area contributed by atoms with E-state index in [1.165, 1.54) is 6.07 Å². The van der Waals surface area contributed by atoms with Crippen molar-refractivity contribution < 1.29 is 19.2 Å². The van der Waals surface area contributed by atoms with E-state index in [1.807, 2.05) is 6.92 Å². The second-order valence-corrected chi connectivity index (χ2v) is 2.12. The predicted molar refractivity (Wildman–Crippen MR) is 38.8 cm³/mol. The highest BCUT2D eigenvalue weighted by atomic mass is 16.5. The zero-order chi connectivity index (χ0) is 8.97. The maximum atomic E-state index is 10.3. The molecule has 0 spiro atoms. The van der Waals surface area contributed by atoms with Crippen LogP contribution in [0.1, 0.15) is 23.2 Å². The summed E-state index contributed by atoms with van der Waals surface area (Å²) in [4.78, 5) is 10.3. The van der Waals surface area contributed by atoms with E-state index in [1.54, 1.807) is 0 Å². The van der Waals surface area contributed by atoms with Gasteiger partial charge in [-0.3, -0.25) is 0 Å². The fourth-order valence-corrected chi connectivity index (χ4v) is 0.687. The Morgan fingerprint density at radius 2 is 2.58 bits per heavy atom. The summed E-state index contributed by atoms with van der Waals surface area (Å²) in [5.41, 5.74) is 0.495. The number of carbonyl (C=O) groups is 1. The fraction of sp³-hybridized carbons (Fsp3) is 0.429. The van der Waals surface area contributed by atoms with Gasteiger partial charge in [-0.1, -0.05) is 5.16 Å². The molecule has 0 amide bonds. The van der Waals surface area contributed by atoms with Crippen LogP contribution in [0.5, 0.6) is 0 Å². The summed E-state index contributed by atoms with van der Waals surface area (Å²) in [5.74, 6) is -1.28. The molecule has 1 rings (SSSR count). The van der Waals surface area contributed by atoms with Crippen molar-refractivity contribution in [2.45, 2.75) is 13.5 Å². The highest BCUT2D eigenvalue weighted by Gasteiger charge is 2.10. The Morgan fingerprint density at radius 1 is 1.83 bits per heavy atom. The van der Waals surface area contributed by atoms with Crippen molar-refractivity contribution >= 4 is 5.97 Å². The first kappa shape index (κ1) is 8.73. The molecule has 1 aromatic heterocycles. The van der Waals surface area contributed by atoms with Gasteiger partial charge in [0.15, 0.2) is 0 Å². The normalized spacial score (nSPS) is 10.1. The Labute approximate surface area is 68.9 Å². The second kappa shape index (κ2) is 3.87. The predicted octanol–water partition coefficient (Wildman–Crippen LogP) is 0.909. The first-order valence-electron chi connectivity index (χ1n) is 3.50. The minimum absolute atomic E-state index is 0.162. The molecule has 0 aliphatic heterocycles. The van der Waals surface area contributed by atoms with Crippen molar-refractivity contribution in [3.05, 3.63) is 17.5 Å². The standard InChI is InChI=1S/C7H9NO4/c1-2-11-4-5-3-6(7(9)10)12-8-5/h3H,2,4H2,1H3,(H,9,10). The van der Waals surface area contributed by atoms with Gasteiger partial charge in [0.05, 0.1) is 6.61 Å². The Hall–Kier alpha value is -1.36. The summed E-state index contributed by atoms with van der Waals surface area (Å²) in [7, 11) is 0. The van der Waals surface area contributed by atoms with Crippen LogP contribution in [-0.2, 0) is 11.3 Å². The van der Waals surface area contributed by atoms with E-state index in [9.17, 15) is 4.79 Å². The molecule has 0 bridgehead atoms. The molecule has 66 valence electrons. The Kier molecular flexibility index (Phi) is 2.82. The average Bonchev–Trinajstić information content (AvgIpc) is 2.48. The Morgan fingerprint density at radius 3 is 3.08 bits per heavy atom. The number of carboxylic acid groups (broad SMARTS) is 1. The average molecular weight is 171 g/mol. The monoisotopic (exact) mass is 171 g/mol. The van der Waals surface area contributed by atoms with Crippen LogP contribution in [0.3, 0.4) is 0 Å². The van der Waals surface area contributed by atoms with E-state index >= 15 is 0 Å². The molecule has 0 saturated heterocycles. The van der Waals surface area contributed by atoms with Crippen LogP contribution < -0.4 is 0 Å². The van der Waals surface area contributed by atoms with E-state index in [0.717, 1.165) is 0 Å². The van der Waals surface area contributed by atoms with Crippen LogP contribution >= 0.6 is 0 Å². The smallest absolute Gasteiger partial charge is 0.374 e. The molecule has 1 N–H and O–H groups in total. The zero-order valence-corrected chi connectivity index (χ0v) is 6.61. The van der Waals surface area contributed by atoms with Gasteiger partial charge in [-0.2, -0.15) is 0 Å². The van der Waals surface area contributed by atoms with Gasteiger partial charge in [-0.25, -0.2) is 4.79 Å². The van der Waals surface area contributed by atoms with Gasteiger partial charge >= 0.3 is 5.97 Å². The van der Waals surface area contributed by atoms with Crippen molar-refractivity contribution in [1.82, 2.24) is 5.16 Å². The highest BCUT2D eigenvalue weighted by molar-refractivity contribution is 5.84. The van der Waals surface area contributed by atoms with Crippen molar-refractivity contribution in [2.24, 2.45) is 0 Å². The SMILES string of the molecule is CCOCc1cc(C(=O)O)on1. The van der Waals surface area contributed by atoms with Gasteiger partial charge < -0.3 is 14.4 Å². The highest BCUT2D eigenvalue weighted by Crippen LogP contribution is 2.04. The maximum absolute atomic E-state index is 10.3. The number of aromatic carboxylic acids is 1. The number of nitrogens with zero attached hydrogens (tertiary/aromatic N) is 1. The quantitative estimate of drug-likeness (QED) is 0.728. The van der Waals surface area contributed by atoms with Crippen LogP contribution in [0, 0.1) is 0 Å². The number of carboxylic acids is 1. The summed E-state index contributed by atoms with van der Waals surface area (Å²) in [6, 6.07) is 1.35. The lowest BCUT2D eigenvalue weighted by Gasteiger charge is -1.92. The lowest BCUT2D eigenvalue weighted by molar-refractivity contribution is 0.0651. The Bertz CT molecular complexity index is 268. The molecule has 0 aliphatic carbocycles. The molecule has 0 unspecified atom stereocenters. The third-order valence-electron chi connectivity index (χ3n) is 1.22. The minimum atomic E-state index is -1.12.